The molecule has 3 heterocycles. The molecule has 0 saturated carbocycles. The van der Waals surface area contributed by atoms with Gasteiger partial charge in [-0.2, -0.15) is 0 Å². The number of hydrogen-bond donors (Lipinski definition) is 2. The topological polar surface area (TPSA) is 61.4 Å². The molecule has 3 fully saturated rings. The van der Waals surface area contributed by atoms with Crippen LogP contribution in [0, 0.1) is 5.92 Å². The molecule has 3 saturated heterocycles. The van der Waals surface area contributed by atoms with Crippen molar-refractivity contribution in [3.8, 4) is 0 Å². The van der Waals surface area contributed by atoms with Gasteiger partial charge in [0.25, 0.3) is 0 Å². The van der Waals surface area contributed by atoms with Crippen LogP contribution in [0.5, 0.6) is 0 Å². The summed E-state index contributed by atoms with van der Waals surface area (Å²) < 4.78 is 0. The van der Waals surface area contributed by atoms with Crippen LogP contribution < -0.4 is 15.5 Å². The van der Waals surface area contributed by atoms with Crippen LogP contribution in [0.3, 0.4) is 0 Å². The Hall–Kier alpha value is -1.59. The SMILES string of the molecule is Cl.O=C(CC1CC2CCC(C1)N2)NC1CCN(c2ccccc2)C1=O. The maximum atomic E-state index is 12.5. The van der Waals surface area contributed by atoms with E-state index in [4.69, 9.17) is 0 Å². The van der Waals surface area contributed by atoms with Gasteiger partial charge in [0, 0.05) is 30.7 Å². The molecule has 5 nitrogen and oxygen atoms in total. The zero-order chi connectivity index (χ0) is 16.5. The molecule has 3 unspecified atom stereocenters. The lowest BCUT2D eigenvalue weighted by Crippen LogP contribution is -2.44. The Bertz CT molecular complexity index is 612. The van der Waals surface area contributed by atoms with Crippen molar-refractivity contribution in [1.82, 2.24) is 10.6 Å². The van der Waals surface area contributed by atoms with E-state index in [0.29, 0.717) is 37.4 Å². The van der Waals surface area contributed by atoms with Crippen LogP contribution in [0.2, 0.25) is 0 Å². The summed E-state index contributed by atoms with van der Waals surface area (Å²) in [7, 11) is 0. The van der Waals surface area contributed by atoms with Crippen molar-refractivity contribution in [1.29, 1.82) is 0 Å². The number of para-hydroxylation sites is 1. The van der Waals surface area contributed by atoms with Gasteiger partial charge < -0.3 is 15.5 Å². The number of carbonyl (C=O) groups is 2. The van der Waals surface area contributed by atoms with E-state index >= 15 is 0 Å². The average Bonchev–Trinajstić information content (AvgIpc) is 3.11. The number of halogens is 1. The predicted octanol–water partition coefficient (Wildman–Crippen LogP) is 2.25. The van der Waals surface area contributed by atoms with E-state index in [-0.39, 0.29) is 30.3 Å². The Morgan fingerprint density at radius 3 is 2.48 bits per heavy atom. The Morgan fingerprint density at radius 2 is 1.80 bits per heavy atom. The zero-order valence-corrected chi connectivity index (χ0v) is 15.1. The summed E-state index contributed by atoms with van der Waals surface area (Å²) >= 11 is 0. The molecule has 0 radical (unpaired) electrons. The van der Waals surface area contributed by atoms with Crippen LogP contribution in [0.15, 0.2) is 30.3 Å². The smallest absolute Gasteiger partial charge is 0.249 e. The van der Waals surface area contributed by atoms with E-state index in [9.17, 15) is 9.59 Å². The fourth-order valence-corrected chi connectivity index (χ4v) is 4.54. The van der Waals surface area contributed by atoms with Gasteiger partial charge in [-0.05, 0) is 50.2 Å². The van der Waals surface area contributed by atoms with Crippen LogP contribution in [-0.2, 0) is 9.59 Å². The number of anilines is 1. The van der Waals surface area contributed by atoms with E-state index in [0.717, 1.165) is 18.5 Å². The largest absolute Gasteiger partial charge is 0.344 e. The van der Waals surface area contributed by atoms with E-state index in [1.165, 1.54) is 12.8 Å². The van der Waals surface area contributed by atoms with E-state index in [1.807, 2.05) is 30.3 Å². The number of rotatable bonds is 4. The summed E-state index contributed by atoms with van der Waals surface area (Å²) in [5.41, 5.74) is 0.911. The number of amides is 2. The summed E-state index contributed by atoms with van der Waals surface area (Å²) in [4.78, 5) is 26.7. The molecular weight excluding hydrogens is 338 g/mol. The zero-order valence-electron chi connectivity index (χ0n) is 14.3. The lowest BCUT2D eigenvalue weighted by Gasteiger charge is -2.28. The van der Waals surface area contributed by atoms with Gasteiger partial charge in [-0.3, -0.25) is 9.59 Å². The molecule has 0 aromatic heterocycles. The maximum Gasteiger partial charge on any atom is 0.249 e. The molecule has 6 heteroatoms. The third kappa shape index (κ3) is 3.98. The lowest BCUT2D eigenvalue weighted by molar-refractivity contribution is -0.127. The number of carbonyl (C=O) groups excluding carboxylic acids is 2. The van der Waals surface area contributed by atoms with Crippen LogP contribution in [0.25, 0.3) is 0 Å². The van der Waals surface area contributed by atoms with Gasteiger partial charge in [-0.25, -0.2) is 0 Å². The first-order valence-corrected chi connectivity index (χ1v) is 9.11. The number of nitrogens with one attached hydrogen (secondary N) is 2. The number of benzene rings is 1. The minimum absolute atomic E-state index is 0. The molecule has 2 bridgehead atoms. The van der Waals surface area contributed by atoms with Crippen LogP contribution in [0.1, 0.15) is 38.5 Å². The van der Waals surface area contributed by atoms with Crippen LogP contribution in [0.4, 0.5) is 5.69 Å². The maximum absolute atomic E-state index is 12.5. The standard InChI is InChI=1S/C19H25N3O2.ClH/c23-18(12-13-10-14-6-7-15(11-13)20-14)21-17-8-9-22(19(17)24)16-4-2-1-3-5-16;/h1-5,13-15,17,20H,6-12H2,(H,21,23);1H. The van der Waals surface area contributed by atoms with Crippen molar-refractivity contribution < 1.29 is 9.59 Å². The van der Waals surface area contributed by atoms with Crippen molar-refractivity contribution in [2.45, 2.75) is 56.7 Å². The van der Waals surface area contributed by atoms with Crippen molar-refractivity contribution in [3.63, 3.8) is 0 Å². The quantitative estimate of drug-likeness (QED) is 0.862. The van der Waals surface area contributed by atoms with Crippen LogP contribution >= 0.6 is 12.4 Å². The minimum atomic E-state index is -0.365. The van der Waals surface area contributed by atoms with Gasteiger partial charge in [-0.1, -0.05) is 18.2 Å². The third-order valence-electron chi connectivity index (χ3n) is 5.65. The number of fused-ring (bicyclic) bond motifs is 2. The predicted molar refractivity (Wildman–Crippen MR) is 99.9 cm³/mol. The first-order valence-electron chi connectivity index (χ1n) is 9.11. The van der Waals surface area contributed by atoms with Gasteiger partial charge in [0.2, 0.25) is 11.8 Å². The van der Waals surface area contributed by atoms with Crippen molar-refractivity contribution in [2.24, 2.45) is 5.92 Å². The Morgan fingerprint density at radius 1 is 1.12 bits per heavy atom. The molecule has 3 aliphatic heterocycles. The average molecular weight is 364 g/mol. The monoisotopic (exact) mass is 363 g/mol. The van der Waals surface area contributed by atoms with Gasteiger partial charge in [0.05, 0.1) is 0 Å². The third-order valence-corrected chi connectivity index (χ3v) is 5.65. The van der Waals surface area contributed by atoms with E-state index in [2.05, 4.69) is 10.6 Å². The van der Waals surface area contributed by atoms with E-state index < -0.39 is 0 Å². The highest BCUT2D eigenvalue weighted by molar-refractivity contribution is 6.01. The highest BCUT2D eigenvalue weighted by atomic mass is 35.5. The Labute approximate surface area is 154 Å². The molecule has 1 aromatic rings. The number of nitrogens with zero attached hydrogens (tertiary/aromatic N) is 1. The number of hydrogen-bond acceptors (Lipinski definition) is 3. The first kappa shape index (κ1) is 18.2. The molecule has 2 amide bonds. The van der Waals surface area contributed by atoms with Gasteiger partial charge in [0.15, 0.2) is 0 Å². The van der Waals surface area contributed by atoms with Crippen LogP contribution in [-0.4, -0.2) is 36.5 Å². The molecule has 1 aromatic carbocycles. The molecular formula is C19H26ClN3O2. The summed E-state index contributed by atoms with van der Waals surface area (Å²) in [6, 6.07) is 10.5. The van der Waals surface area contributed by atoms with E-state index in [1.54, 1.807) is 4.90 Å². The molecule has 0 spiro atoms. The lowest BCUT2D eigenvalue weighted by atomic mass is 9.89. The van der Waals surface area contributed by atoms with Gasteiger partial charge in [0.1, 0.15) is 6.04 Å². The van der Waals surface area contributed by atoms with Crippen molar-refractivity contribution >= 4 is 29.9 Å². The second-order valence-electron chi connectivity index (χ2n) is 7.41. The Balaban J connectivity index is 0.00000182. The normalized spacial score (nSPS) is 30.9. The van der Waals surface area contributed by atoms with Crippen molar-refractivity contribution in [2.75, 3.05) is 11.4 Å². The minimum Gasteiger partial charge on any atom is -0.344 e. The Kier molecular flexibility index (Phi) is 5.64. The molecule has 3 atom stereocenters. The van der Waals surface area contributed by atoms with Crippen molar-refractivity contribution in [3.05, 3.63) is 30.3 Å². The molecule has 0 aliphatic carbocycles. The second-order valence-corrected chi connectivity index (χ2v) is 7.41. The highest BCUT2D eigenvalue weighted by Gasteiger charge is 2.36. The highest BCUT2D eigenvalue weighted by Crippen LogP contribution is 2.32. The first-order chi connectivity index (χ1) is 11.7. The molecule has 4 rings (SSSR count). The summed E-state index contributed by atoms with van der Waals surface area (Å²) in [5, 5.41) is 6.58. The summed E-state index contributed by atoms with van der Waals surface area (Å²) in [6.45, 7) is 0.672. The molecule has 2 N–H and O–H groups in total. The molecule has 3 aliphatic rings. The summed E-state index contributed by atoms with van der Waals surface area (Å²) in [6.07, 6.45) is 5.93. The van der Waals surface area contributed by atoms with Gasteiger partial charge >= 0.3 is 0 Å². The molecule has 25 heavy (non-hydrogen) atoms. The fourth-order valence-electron chi connectivity index (χ4n) is 4.54. The molecule has 136 valence electrons. The summed E-state index contributed by atoms with van der Waals surface area (Å²) in [5.74, 6) is 0.514. The van der Waals surface area contributed by atoms with Gasteiger partial charge in [-0.15, -0.1) is 12.4 Å². The second kappa shape index (κ2) is 7.75. The fraction of sp³-hybridized carbons (Fsp3) is 0.579. The number of piperidine rings is 1.